The number of anilines is 2. The van der Waals surface area contributed by atoms with Gasteiger partial charge in [-0.05, 0) is 56.0 Å². The molecule has 8 heteroatoms. The van der Waals surface area contributed by atoms with Crippen molar-refractivity contribution in [3.63, 3.8) is 0 Å². The first-order chi connectivity index (χ1) is 15.0. The summed E-state index contributed by atoms with van der Waals surface area (Å²) in [5.74, 6) is 0.0293. The summed E-state index contributed by atoms with van der Waals surface area (Å²) in [5.41, 5.74) is 2.67. The van der Waals surface area contributed by atoms with Crippen molar-refractivity contribution in [2.75, 3.05) is 34.6 Å². The fourth-order valence-electron chi connectivity index (χ4n) is 4.04. The van der Waals surface area contributed by atoms with E-state index in [1.54, 1.807) is 31.2 Å². The molecule has 4 rings (SSSR count). The van der Waals surface area contributed by atoms with Crippen molar-refractivity contribution in [3.8, 4) is 5.75 Å². The summed E-state index contributed by atoms with van der Waals surface area (Å²) in [6.45, 7) is 4.10. The maximum Gasteiger partial charge on any atom is 0.263 e. The predicted octanol–water partition coefficient (Wildman–Crippen LogP) is 2.91. The van der Waals surface area contributed by atoms with Crippen LogP contribution >= 0.6 is 0 Å². The van der Waals surface area contributed by atoms with Gasteiger partial charge in [-0.2, -0.15) is 0 Å². The van der Waals surface area contributed by atoms with E-state index in [4.69, 9.17) is 4.74 Å². The van der Waals surface area contributed by atoms with Gasteiger partial charge in [0.05, 0.1) is 18.0 Å². The summed E-state index contributed by atoms with van der Waals surface area (Å²) >= 11 is 0. The van der Waals surface area contributed by atoms with Crippen LogP contribution in [0.25, 0.3) is 0 Å². The summed E-state index contributed by atoms with van der Waals surface area (Å²) < 4.78 is 32.2. The minimum Gasteiger partial charge on any atom is -0.476 e. The number of fused-ring (bicyclic) bond motifs is 1. The molecule has 0 unspecified atom stereocenters. The van der Waals surface area contributed by atoms with Crippen LogP contribution in [0.3, 0.4) is 0 Å². The smallest absolute Gasteiger partial charge is 0.263 e. The molecule has 31 heavy (non-hydrogen) atoms. The Morgan fingerprint density at radius 3 is 2.48 bits per heavy atom. The van der Waals surface area contributed by atoms with Crippen LogP contribution in [-0.4, -0.2) is 45.8 Å². The molecule has 0 spiro atoms. The van der Waals surface area contributed by atoms with Gasteiger partial charge in [0.25, 0.3) is 5.91 Å². The monoisotopic (exact) mass is 443 g/mol. The second-order valence-electron chi connectivity index (χ2n) is 7.94. The summed E-state index contributed by atoms with van der Waals surface area (Å²) in [6, 6.07) is 15.1. The van der Waals surface area contributed by atoms with Crippen LogP contribution in [0, 0.1) is 0 Å². The molecule has 1 N–H and O–H groups in total. The number of amides is 1. The molecule has 0 radical (unpaired) electrons. The summed E-state index contributed by atoms with van der Waals surface area (Å²) in [4.78, 5) is 15.2. The fourth-order valence-corrected chi connectivity index (χ4v) is 5.16. The summed E-state index contributed by atoms with van der Waals surface area (Å²) in [5, 5.41) is 2.89. The summed E-state index contributed by atoms with van der Waals surface area (Å²) in [7, 11) is -3.52. The Morgan fingerprint density at radius 2 is 1.77 bits per heavy atom. The third-order valence-electron chi connectivity index (χ3n) is 5.85. The van der Waals surface area contributed by atoms with Crippen LogP contribution in [0.4, 0.5) is 11.4 Å². The molecule has 1 amide bonds. The predicted molar refractivity (Wildman–Crippen MR) is 122 cm³/mol. The zero-order valence-electron chi connectivity index (χ0n) is 17.8. The highest BCUT2D eigenvalue weighted by molar-refractivity contribution is 7.92. The van der Waals surface area contributed by atoms with Crippen molar-refractivity contribution < 1.29 is 17.9 Å². The highest BCUT2D eigenvalue weighted by Crippen LogP contribution is 2.35. The number of nitrogens with zero attached hydrogens (tertiary/aromatic N) is 2. The number of piperidine rings is 1. The number of ether oxygens (including phenoxy) is 1. The molecule has 0 aromatic heterocycles. The Bertz CT molecular complexity index is 1020. The number of hydrogen-bond donors (Lipinski definition) is 1. The van der Waals surface area contributed by atoms with E-state index in [9.17, 15) is 13.2 Å². The lowest BCUT2D eigenvalue weighted by Crippen LogP contribution is -2.50. The van der Waals surface area contributed by atoms with Crippen LogP contribution in [0.5, 0.6) is 5.75 Å². The first-order valence-corrected chi connectivity index (χ1v) is 12.5. The molecule has 2 aliphatic rings. The highest BCUT2D eigenvalue weighted by atomic mass is 32.2. The van der Waals surface area contributed by atoms with Crippen LogP contribution in [0.15, 0.2) is 48.5 Å². The SMILES string of the molecule is CCS(=O)(=O)N1C[C@@H](C(=O)NCc2ccc(N3CCCCC3)cc2)Oc2ccccc21. The molecule has 1 atom stereocenters. The molecule has 2 heterocycles. The molecule has 2 aliphatic heterocycles. The van der Waals surface area contributed by atoms with Crippen LogP contribution in [0.1, 0.15) is 31.7 Å². The molecule has 1 saturated heterocycles. The van der Waals surface area contributed by atoms with Gasteiger partial charge in [0.1, 0.15) is 5.75 Å². The zero-order valence-corrected chi connectivity index (χ0v) is 18.6. The van der Waals surface area contributed by atoms with Crippen LogP contribution in [-0.2, 0) is 21.4 Å². The van der Waals surface area contributed by atoms with Gasteiger partial charge in [0.15, 0.2) is 6.10 Å². The molecule has 166 valence electrons. The maximum absolute atomic E-state index is 12.8. The number of sulfonamides is 1. The topological polar surface area (TPSA) is 79.0 Å². The molecular formula is C23H29N3O4S. The second kappa shape index (κ2) is 9.18. The van der Waals surface area contributed by atoms with Gasteiger partial charge in [0.2, 0.25) is 10.0 Å². The van der Waals surface area contributed by atoms with Gasteiger partial charge < -0.3 is 15.0 Å². The van der Waals surface area contributed by atoms with Crippen molar-refractivity contribution >= 4 is 27.3 Å². The van der Waals surface area contributed by atoms with E-state index in [0.717, 1.165) is 18.7 Å². The number of rotatable bonds is 6. The number of para-hydroxylation sites is 2. The molecule has 0 bridgehead atoms. The van der Waals surface area contributed by atoms with Crippen molar-refractivity contribution in [1.82, 2.24) is 5.32 Å². The average molecular weight is 444 g/mol. The van der Waals surface area contributed by atoms with E-state index >= 15 is 0 Å². The van der Waals surface area contributed by atoms with Crippen molar-refractivity contribution in [2.45, 2.75) is 38.8 Å². The first kappa shape index (κ1) is 21.5. The molecule has 7 nitrogen and oxygen atoms in total. The largest absolute Gasteiger partial charge is 0.476 e. The molecule has 0 aliphatic carbocycles. The lowest BCUT2D eigenvalue weighted by molar-refractivity contribution is -0.127. The van der Waals surface area contributed by atoms with E-state index in [0.29, 0.717) is 18.0 Å². The van der Waals surface area contributed by atoms with E-state index in [-0.39, 0.29) is 18.2 Å². The number of carbonyl (C=O) groups is 1. The van der Waals surface area contributed by atoms with Gasteiger partial charge in [-0.25, -0.2) is 8.42 Å². The Labute approximate surface area is 184 Å². The van der Waals surface area contributed by atoms with Crippen molar-refractivity contribution in [1.29, 1.82) is 0 Å². The van der Waals surface area contributed by atoms with Gasteiger partial charge in [0, 0.05) is 25.3 Å². The average Bonchev–Trinajstić information content (AvgIpc) is 2.82. The van der Waals surface area contributed by atoms with Gasteiger partial charge in [-0.15, -0.1) is 0 Å². The summed E-state index contributed by atoms with van der Waals surface area (Å²) in [6.07, 6.45) is 2.86. The minimum atomic E-state index is -3.52. The van der Waals surface area contributed by atoms with E-state index in [1.807, 2.05) is 12.1 Å². The second-order valence-corrected chi connectivity index (χ2v) is 10.1. The number of carbonyl (C=O) groups excluding carboxylic acids is 1. The Morgan fingerprint density at radius 1 is 1.06 bits per heavy atom. The van der Waals surface area contributed by atoms with Crippen molar-refractivity contribution in [2.24, 2.45) is 0 Å². The molecule has 2 aromatic carbocycles. The number of nitrogens with one attached hydrogen (secondary N) is 1. The minimum absolute atomic E-state index is 0.0348. The Hall–Kier alpha value is -2.74. The third kappa shape index (κ3) is 4.79. The maximum atomic E-state index is 12.8. The Kier molecular flexibility index (Phi) is 6.36. The molecular weight excluding hydrogens is 414 g/mol. The quantitative estimate of drug-likeness (QED) is 0.743. The van der Waals surface area contributed by atoms with E-state index < -0.39 is 16.1 Å². The molecule has 0 saturated carbocycles. The van der Waals surface area contributed by atoms with Crippen LogP contribution in [0.2, 0.25) is 0 Å². The lowest BCUT2D eigenvalue weighted by Gasteiger charge is -2.34. The number of hydrogen-bond acceptors (Lipinski definition) is 5. The fraction of sp³-hybridized carbons (Fsp3) is 0.435. The zero-order chi connectivity index (χ0) is 21.8. The van der Waals surface area contributed by atoms with Gasteiger partial charge in [-0.1, -0.05) is 24.3 Å². The molecule has 2 aromatic rings. The number of benzene rings is 2. The third-order valence-corrected chi connectivity index (χ3v) is 7.60. The standard InChI is InChI=1S/C23H29N3O4S/c1-2-31(28,29)26-17-22(30-21-9-5-4-8-20(21)26)23(27)24-16-18-10-12-19(13-11-18)25-14-6-3-7-15-25/h4-5,8-13,22H,2-3,6-7,14-17H2,1H3,(H,24,27)/t22-/m0/s1. The van der Waals surface area contributed by atoms with Gasteiger partial charge in [-0.3, -0.25) is 9.10 Å². The molecule has 1 fully saturated rings. The highest BCUT2D eigenvalue weighted by Gasteiger charge is 2.35. The van der Waals surface area contributed by atoms with Crippen LogP contribution < -0.4 is 19.3 Å². The normalized spacial score (nSPS) is 18.8. The van der Waals surface area contributed by atoms with E-state index in [2.05, 4.69) is 22.3 Å². The Balaban J connectivity index is 1.40. The van der Waals surface area contributed by atoms with Crippen molar-refractivity contribution in [3.05, 3.63) is 54.1 Å². The first-order valence-electron chi connectivity index (χ1n) is 10.9. The lowest BCUT2D eigenvalue weighted by atomic mass is 10.1. The van der Waals surface area contributed by atoms with Gasteiger partial charge >= 0.3 is 0 Å². The van der Waals surface area contributed by atoms with E-state index in [1.165, 1.54) is 29.3 Å².